The van der Waals surface area contributed by atoms with Crippen LogP contribution >= 0.6 is 11.3 Å². The number of fused-ring (bicyclic) bond motifs is 7. The molecule has 0 aliphatic rings. The summed E-state index contributed by atoms with van der Waals surface area (Å²) in [6, 6.07) is 83.4. The third kappa shape index (κ3) is 6.39. The first-order valence-electron chi connectivity index (χ1n) is 20.1. The zero-order chi connectivity index (χ0) is 39.1. The van der Waals surface area contributed by atoms with Gasteiger partial charge in [0.1, 0.15) is 0 Å². The topological polar surface area (TPSA) is 6.48 Å². The lowest BCUT2D eigenvalue weighted by atomic mass is 9.98. The van der Waals surface area contributed by atoms with E-state index in [1.807, 2.05) is 11.3 Å². The molecule has 2 nitrogen and oxygen atoms in total. The van der Waals surface area contributed by atoms with Crippen molar-refractivity contribution >= 4 is 87.2 Å². The van der Waals surface area contributed by atoms with E-state index in [2.05, 4.69) is 240 Å². The summed E-state index contributed by atoms with van der Waals surface area (Å²) < 4.78 is 2.61. The van der Waals surface area contributed by atoms with Gasteiger partial charge in [0.2, 0.25) is 0 Å². The van der Waals surface area contributed by atoms with Gasteiger partial charge in [0.15, 0.2) is 0 Å². The maximum Gasteiger partial charge on any atom is 0.0468 e. The fourth-order valence-electron chi connectivity index (χ4n) is 8.59. The predicted octanol–water partition coefficient (Wildman–Crippen LogP) is 16.6. The molecule has 59 heavy (non-hydrogen) atoms. The van der Waals surface area contributed by atoms with E-state index in [0.29, 0.717) is 0 Å². The largest absolute Gasteiger partial charge is 0.310 e. The number of thiophene rings is 1. The molecule has 0 unspecified atom stereocenters. The Bertz CT molecular complexity index is 3010. The van der Waals surface area contributed by atoms with Crippen LogP contribution in [0.15, 0.2) is 231 Å². The van der Waals surface area contributed by atoms with Gasteiger partial charge in [-0.1, -0.05) is 146 Å². The van der Waals surface area contributed by atoms with Crippen LogP contribution in [0.2, 0.25) is 0 Å². The molecule has 0 N–H and O–H groups in total. The number of benzene rings is 10. The van der Waals surface area contributed by atoms with E-state index in [1.165, 1.54) is 64.0 Å². The van der Waals surface area contributed by atoms with E-state index in [4.69, 9.17) is 0 Å². The summed E-state index contributed by atoms with van der Waals surface area (Å²) in [5.41, 5.74) is 11.6. The number of rotatable bonds is 8. The number of para-hydroxylation sites is 2. The van der Waals surface area contributed by atoms with E-state index < -0.39 is 0 Å². The maximum absolute atomic E-state index is 2.36. The highest BCUT2D eigenvalue weighted by Crippen LogP contribution is 2.45. The summed E-state index contributed by atoms with van der Waals surface area (Å²) in [7, 11) is 0. The average Bonchev–Trinajstić information content (AvgIpc) is 3.71. The van der Waals surface area contributed by atoms with Crippen molar-refractivity contribution in [3.05, 3.63) is 231 Å². The molecule has 1 aromatic heterocycles. The van der Waals surface area contributed by atoms with E-state index in [0.717, 1.165) is 34.1 Å². The normalized spacial score (nSPS) is 11.4. The molecule has 0 atom stereocenters. The fraction of sp³-hybridized carbons (Fsp3) is 0. The SMILES string of the molecule is c1ccc(-c2ccc(N(c3ccccc3)c3ccc4c(ccc5sc6ccc7cc(N(c8ccccc8)c8ccc(-c9ccccc9)cc8)ccc7c6c54)c3)cc2)cc1. The van der Waals surface area contributed by atoms with Crippen LogP contribution in [0.25, 0.3) is 64.0 Å². The van der Waals surface area contributed by atoms with E-state index in [-0.39, 0.29) is 0 Å². The van der Waals surface area contributed by atoms with Crippen LogP contribution in [0.4, 0.5) is 34.1 Å². The van der Waals surface area contributed by atoms with Gasteiger partial charge in [0.25, 0.3) is 0 Å². The van der Waals surface area contributed by atoms with Crippen LogP contribution in [0.1, 0.15) is 0 Å². The lowest BCUT2D eigenvalue weighted by Crippen LogP contribution is -2.09. The zero-order valence-electron chi connectivity index (χ0n) is 32.2. The van der Waals surface area contributed by atoms with Gasteiger partial charge in [-0.2, -0.15) is 0 Å². The van der Waals surface area contributed by atoms with Gasteiger partial charge in [-0.15, -0.1) is 11.3 Å². The van der Waals surface area contributed by atoms with Crippen LogP contribution in [0.3, 0.4) is 0 Å². The Kier molecular flexibility index (Phi) is 8.72. The van der Waals surface area contributed by atoms with Crippen LogP contribution < -0.4 is 9.80 Å². The smallest absolute Gasteiger partial charge is 0.0468 e. The molecule has 0 fully saturated rings. The zero-order valence-corrected chi connectivity index (χ0v) is 33.1. The first-order valence-corrected chi connectivity index (χ1v) is 20.9. The number of hydrogen-bond acceptors (Lipinski definition) is 3. The quantitative estimate of drug-likeness (QED) is 0.152. The minimum absolute atomic E-state index is 1.12. The molecule has 0 aliphatic heterocycles. The molecule has 11 aromatic rings. The van der Waals surface area contributed by atoms with Gasteiger partial charge in [0, 0.05) is 54.3 Å². The molecule has 11 rings (SSSR count). The predicted molar refractivity (Wildman–Crippen MR) is 255 cm³/mol. The minimum Gasteiger partial charge on any atom is -0.310 e. The van der Waals surface area contributed by atoms with Crippen LogP contribution in [-0.4, -0.2) is 0 Å². The monoisotopic (exact) mass is 770 g/mol. The van der Waals surface area contributed by atoms with Gasteiger partial charge in [0.05, 0.1) is 0 Å². The Morgan fingerprint density at radius 2 is 0.576 bits per heavy atom. The molecule has 0 bridgehead atoms. The molecular weight excluding hydrogens is 733 g/mol. The highest BCUT2D eigenvalue weighted by atomic mass is 32.1. The summed E-state index contributed by atoms with van der Waals surface area (Å²) in [6.45, 7) is 0. The highest BCUT2D eigenvalue weighted by molar-refractivity contribution is 7.26. The number of hydrogen-bond donors (Lipinski definition) is 0. The maximum atomic E-state index is 2.36. The number of anilines is 6. The van der Waals surface area contributed by atoms with E-state index in [1.54, 1.807) is 0 Å². The van der Waals surface area contributed by atoms with Gasteiger partial charge in [-0.25, -0.2) is 0 Å². The van der Waals surface area contributed by atoms with Crippen molar-refractivity contribution in [1.29, 1.82) is 0 Å². The van der Waals surface area contributed by atoms with Crippen molar-refractivity contribution in [2.75, 3.05) is 9.80 Å². The Labute approximate surface area is 348 Å². The first kappa shape index (κ1) is 34.8. The van der Waals surface area contributed by atoms with Crippen molar-refractivity contribution in [3.63, 3.8) is 0 Å². The van der Waals surface area contributed by atoms with Crippen molar-refractivity contribution < 1.29 is 0 Å². The molecule has 3 heteroatoms. The molecule has 10 aromatic carbocycles. The highest BCUT2D eigenvalue weighted by Gasteiger charge is 2.18. The Hall–Kier alpha value is -7.46. The molecule has 0 spiro atoms. The summed E-state index contributed by atoms with van der Waals surface area (Å²) in [4.78, 5) is 4.71. The molecule has 0 saturated carbocycles. The lowest BCUT2D eigenvalue weighted by Gasteiger charge is -2.26. The van der Waals surface area contributed by atoms with Gasteiger partial charge in [-0.3, -0.25) is 0 Å². The lowest BCUT2D eigenvalue weighted by molar-refractivity contribution is 1.29. The Morgan fingerprint density at radius 1 is 0.254 bits per heavy atom. The van der Waals surface area contributed by atoms with Crippen LogP contribution in [0.5, 0.6) is 0 Å². The van der Waals surface area contributed by atoms with E-state index >= 15 is 0 Å². The molecule has 1 heterocycles. The van der Waals surface area contributed by atoms with Crippen molar-refractivity contribution in [3.8, 4) is 22.3 Å². The van der Waals surface area contributed by atoms with Gasteiger partial charge < -0.3 is 9.80 Å². The molecule has 0 saturated heterocycles. The van der Waals surface area contributed by atoms with Crippen molar-refractivity contribution in [1.82, 2.24) is 0 Å². The minimum atomic E-state index is 1.12. The fourth-order valence-corrected chi connectivity index (χ4v) is 9.73. The van der Waals surface area contributed by atoms with Gasteiger partial charge in [-0.05, 0) is 129 Å². The second-order valence-electron chi connectivity index (χ2n) is 15.0. The third-order valence-corrected chi connectivity index (χ3v) is 12.5. The molecular formula is C56H38N2S. The summed E-state index contributed by atoms with van der Waals surface area (Å²) in [5, 5.41) is 7.63. The standard InChI is InChI=1S/C56H38N2S/c1-5-13-39(14-6-1)41-21-27-47(28-22-41)57(45-17-9-3-10-18-45)49-31-33-51-43(37-49)25-35-53-55(51)56-52-34-32-50(38-44(52)26-36-54(56)59-53)58(46-19-11-4-12-20-46)48-29-23-42(24-30-48)40-15-7-2-8-16-40/h1-38H. The third-order valence-electron chi connectivity index (χ3n) is 11.4. The van der Waals surface area contributed by atoms with Crippen molar-refractivity contribution in [2.45, 2.75) is 0 Å². The van der Waals surface area contributed by atoms with Crippen molar-refractivity contribution in [2.24, 2.45) is 0 Å². The molecule has 0 aliphatic carbocycles. The second kappa shape index (κ2) is 14.8. The Balaban J connectivity index is 1.01. The van der Waals surface area contributed by atoms with E-state index in [9.17, 15) is 0 Å². The average molecular weight is 771 g/mol. The summed E-state index contributed by atoms with van der Waals surface area (Å²) in [5.74, 6) is 0. The molecule has 0 amide bonds. The molecule has 278 valence electrons. The number of nitrogens with zero attached hydrogens (tertiary/aromatic N) is 2. The summed E-state index contributed by atoms with van der Waals surface area (Å²) >= 11 is 1.88. The molecule has 0 radical (unpaired) electrons. The van der Waals surface area contributed by atoms with Crippen LogP contribution in [-0.2, 0) is 0 Å². The van der Waals surface area contributed by atoms with Crippen LogP contribution in [0, 0.1) is 0 Å². The summed E-state index contributed by atoms with van der Waals surface area (Å²) in [6.07, 6.45) is 0. The Morgan fingerprint density at radius 3 is 0.966 bits per heavy atom. The van der Waals surface area contributed by atoms with Gasteiger partial charge >= 0.3 is 0 Å². The first-order chi connectivity index (χ1) is 29.2. The second-order valence-corrected chi connectivity index (χ2v) is 16.0.